The molecule has 2 aromatic rings. The number of nitrogens with one attached hydrogen (secondary N) is 2. The zero-order valence-electron chi connectivity index (χ0n) is 21.9. The summed E-state index contributed by atoms with van der Waals surface area (Å²) in [5.41, 5.74) is 0. The van der Waals surface area contributed by atoms with Gasteiger partial charge in [-0.1, -0.05) is 24.3 Å². The minimum atomic E-state index is -4.08. The standard InChI is InChI=1S/C26H31N5O8S/c1-15(32)30-13-18-7-4-6-17(29-40(37,38)25-19-8-3-2-5-16(19)9-10-27-25)11-22(33)31(18)21(14-30)24(35)28-20-12-23(34)39-26(20)36/h2-3,5,8-10,17-18,20-21,26,29,36H,4,6-7,11-14H2,1H3,(H,28,35). The molecule has 3 aliphatic heterocycles. The number of piperazine rings is 1. The Morgan fingerprint density at radius 3 is 2.60 bits per heavy atom. The third kappa shape index (κ3) is 5.64. The topological polar surface area (TPSA) is 175 Å². The van der Waals surface area contributed by atoms with E-state index in [-0.39, 0.29) is 36.9 Å². The first-order valence-corrected chi connectivity index (χ1v) is 14.6. The van der Waals surface area contributed by atoms with Gasteiger partial charge in [0.15, 0.2) is 5.03 Å². The predicted octanol–water partition coefficient (Wildman–Crippen LogP) is -0.366. The van der Waals surface area contributed by atoms with Crippen LogP contribution in [0, 0.1) is 0 Å². The van der Waals surface area contributed by atoms with E-state index in [4.69, 9.17) is 4.74 Å². The minimum Gasteiger partial charge on any atom is -0.434 e. The molecule has 5 unspecified atom stereocenters. The van der Waals surface area contributed by atoms with Gasteiger partial charge in [0.05, 0.1) is 19.0 Å². The highest BCUT2D eigenvalue weighted by molar-refractivity contribution is 7.89. The number of hydrogen-bond donors (Lipinski definition) is 3. The predicted molar refractivity (Wildman–Crippen MR) is 140 cm³/mol. The number of rotatable bonds is 5. The first kappa shape index (κ1) is 27.9. The number of carbonyl (C=O) groups excluding carboxylic acids is 4. The summed E-state index contributed by atoms with van der Waals surface area (Å²) >= 11 is 0. The first-order valence-electron chi connectivity index (χ1n) is 13.1. The van der Waals surface area contributed by atoms with Gasteiger partial charge in [0.1, 0.15) is 12.1 Å². The van der Waals surface area contributed by atoms with E-state index in [0.29, 0.717) is 30.0 Å². The number of nitrogens with zero attached hydrogens (tertiary/aromatic N) is 3. The van der Waals surface area contributed by atoms with Crippen LogP contribution in [0.5, 0.6) is 0 Å². The monoisotopic (exact) mass is 573 g/mol. The van der Waals surface area contributed by atoms with E-state index in [2.05, 4.69) is 15.0 Å². The number of amides is 3. The van der Waals surface area contributed by atoms with Crippen molar-refractivity contribution in [3.05, 3.63) is 36.5 Å². The van der Waals surface area contributed by atoms with Gasteiger partial charge < -0.3 is 25.0 Å². The number of benzene rings is 1. The molecule has 0 aliphatic carbocycles. The fraction of sp³-hybridized carbons (Fsp3) is 0.500. The number of esters is 1. The molecule has 3 fully saturated rings. The Hall–Kier alpha value is -3.62. The number of aliphatic hydroxyl groups excluding tert-OH is 1. The summed E-state index contributed by atoms with van der Waals surface area (Å²) in [6.07, 6.45) is 0.848. The molecule has 4 heterocycles. The lowest BCUT2D eigenvalue weighted by molar-refractivity contribution is -0.157. The quantitative estimate of drug-likeness (QED) is 0.403. The van der Waals surface area contributed by atoms with Gasteiger partial charge >= 0.3 is 5.97 Å². The maximum absolute atomic E-state index is 13.7. The van der Waals surface area contributed by atoms with Crippen molar-refractivity contribution in [2.75, 3.05) is 13.1 Å². The normalized spacial score (nSPS) is 27.5. The van der Waals surface area contributed by atoms with Crippen molar-refractivity contribution >= 4 is 44.5 Å². The van der Waals surface area contributed by atoms with Gasteiger partial charge in [-0.05, 0) is 30.7 Å². The maximum atomic E-state index is 13.7. The van der Waals surface area contributed by atoms with Gasteiger partial charge in [-0.3, -0.25) is 19.2 Å². The van der Waals surface area contributed by atoms with E-state index in [9.17, 15) is 32.7 Å². The largest absolute Gasteiger partial charge is 0.434 e. The average molecular weight is 574 g/mol. The van der Waals surface area contributed by atoms with Crippen molar-refractivity contribution in [3.8, 4) is 0 Å². The fourth-order valence-corrected chi connectivity index (χ4v) is 7.12. The third-order valence-electron chi connectivity index (χ3n) is 7.62. The highest BCUT2D eigenvalue weighted by atomic mass is 32.2. The van der Waals surface area contributed by atoms with Crippen LogP contribution in [-0.2, 0) is 33.9 Å². The van der Waals surface area contributed by atoms with Gasteiger partial charge in [0.25, 0.3) is 10.0 Å². The van der Waals surface area contributed by atoms with E-state index >= 15 is 0 Å². The van der Waals surface area contributed by atoms with Crippen LogP contribution < -0.4 is 10.0 Å². The van der Waals surface area contributed by atoms with Crippen molar-refractivity contribution in [2.24, 2.45) is 0 Å². The highest BCUT2D eigenvalue weighted by Crippen LogP contribution is 2.28. The number of cyclic esters (lactones) is 1. The number of fused-ring (bicyclic) bond motifs is 2. The first-order chi connectivity index (χ1) is 19.0. The second kappa shape index (κ2) is 11.1. The van der Waals surface area contributed by atoms with Crippen molar-refractivity contribution in [1.82, 2.24) is 24.8 Å². The van der Waals surface area contributed by atoms with Crippen LogP contribution in [0.25, 0.3) is 10.8 Å². The molecule has 13 nitrogen and oxygen atoms in total. The van der Waals surface area contributed by atoms with Crippen LogP contribution in [0.4, 0.5) is 0 Å². The van der Waals surface area contributed by atoms with Crippen LogP contribution in [0.2, 0.25) is 0 Å². The second-order valence-electron chi connectivity index (χ2n) is 10.4. The molecule has 0 bridgehead atoms. The highest BCUT2D eigenvalue weighted by Gasteiger charge is 2.45. The van der Waals surface area contributed by atoms with Crippen LogP contribution in [-0.4, -0.2) is 95.5 Å². The molecule has 14 heteroatoms. The van der Waals surface area contributed by atoms with Crippen LogP contribution >= 0.6 is 0 Å². The molecule has 3 amide bonds. The second-order valence-corrected chi connectivity index (χ2v) is 12.0. The minimum absolute atomic E-state index is 0.0721. The zero-order valence-corrected chi connectivity index (χ0v) is 22.7. The molecule has 1 aromatic carbocycles. The SMILES string of the molecule is CC(=O)N1CC2CCCC(NS(=O)(=O)c3nccc4ccccc34)CC(=O)N2C(C(=O)NC2CC(=O)OC2O)C1. The summed E-state index contributed by atoms with van der Waals surface area (Å²) in [5.74, 6) is -1.99. The lowest BCUT2D eigenvalue weighted by atomic mass is 9.93. The maximum Gasteiger partial charge on any atom is 0.310 e. The molecule has 3 N–H and O–H groups in total. The van der Waals surface area contributed by atoms with Crippen LogP contribution in [0.3, 0.4) is 0 Å². The number of ether oxygens (including phenoxy) is 1. The number of hydrogen-bond acceptors (Lipinski definition) is 9. The summed E-state index contributed by atoms with van der Waals surface area (Å²) in [6.45, 7) is 1.56. The Morgan fingerprint density at radius 1 is 1.10 bits per heavy atom. The molecule has 214 valence electrons. The summed E-state index contributed by atoms with van der Waals surface area (Å²) in [6, 6.07) is 5.43. The Morgan fingerprint density at radius 2 is 1.88 bits per heavy atom. The molecular weight excluding hydrogens is 542 g/mol. The van der Waals surface area contributed by atoms with Crippen molar-refractivity contribution in [2.45, 2.75) is 74.5 Å². The molecule has 1 aromatic heterocycles. The molecular formula is C26H31N5O8S. The van der Waals surface area contributed by atoms with E-state index in [1.807, 2.05) is 0 Å². The molecule has 40 heavy (non-hydrogen) atoms. The zero-order chi connectivity index (χ0) is 28.6. The fourth-order valence-electron chi connectivity index (χ4n) is 5.69. The smallest absolute Gasteiger partial charge is 0.310 e. The van der Waals surface area contributed by atoms with E-state index in [1.54, 1.807) is 30.3 Å². The van der Waals surface area contributed by atoms with Gasteiger partial charge in [0, 0.05) is 37.5 Å². The molecule has 5 rings (SSSR count). The summed E-state index contributed by atoms with van der Waals surface area (Å²) in [7, 11) is -4.08. The van der Waals surface area contributed by atoms with Crippen molar-refractivity contribution < 1.29 is 37.4 Å². The summed E-state index contributed by atoms with van der Waals surface area (Å²) < 4.78 is 34.1. The van der Waals surface area contributed by atoms with E-state index < -0.39 is 58.3 Å². The van der Waals surface area contributed by atoms with Gasteiger partial charge in [-0.25, -0.2) is 18.1 Å². The molecule has 3 aliphatic rings. The third-order valence-corrected chi connectivity index (χ3v) is 9.10. The van der Waals surface area contributed by atoms with E-state index in [1.165, 1.54) is 22.9 Å². The van der Waals surface area contributed by atoms with Crippen molar-refractivity contribution in [3.63, 3.8) is 0 Å². The molecule has 3 saturated heterocycles. The van der Waals surface area contributed by atoms with Crippen LogP contribution in [0.1, 0.15) is 39.0 Å². The Balaban J connectivity index is 1.37. The van der Waals surface area contributed by atoms with E-state index in [0.717, 1.165) is 0 Å². The molecule has 5 atom stereocenters. The van der Waals surface area contributed by atoms with Gasteiger partial charge in [-0.2, -0.15) is 0 Å². The molecule has 0 saturated carbocycles. The van der Waals surface area contributed by atoms with Gasteiger partial charge in [0.2, 0.25) is 24.0 Å². The Labute approximate surface area is 230 Å². The lowest BCUT2D eigenvalue weighted by Crippen LogP contribution is -2.67. The number of pyridine rings is 1. The number of aliphatic hydroxyl groups is 1. The van der Waals surface area contributed by atoms with Gasteiger partial charge in [-0.15, -0.1) is 0 Å². The Kier molecular flexibility index (Phi) is 7.75. The lowest BCUT2D eigenvalue weighted by Gasteiger charge is -2.47. The molecule has 0 spiro atoms. The van der Waals surface area contributed by atoms with Crippen molar-refractivity contribution in [1.29, 1.82) is 0 Å². The summed E-state index contributed by atoms with van der Waals surface area (Å²) in [5, 5.41) is 13.6. The summed E-state index contributed by atoms with van der Waals surface area (Å²) in [4.78, 5) is 57.8. The number of carbonyl (C=O) groups is 4. The van der Waals surface area contributed by atoms with Crippen LogP contribution in [0.15, 0.2) is 41.6 Å². The average Bonchev–Trinajstić information content (AvgIpc) is 3.22. The molecule has 0 radical (unpaired) electrons. The number of sulfonamides is 1. The number of aromatic nitrogens is 1. The Bertz CT molecular complexity index is 1440.